The minimum atomic E-state index is -4.76. The van der Waals surface area contributed by atoms with E-state index in [0.717, 1.165) is 0 Å². The fourth-order valence-corrected chi connectivity index (χ4v) is 1.44. The topological polar surface area (TPSA) is 22.1 Å². The number of ether oxygens (including phenoxy) is 1. The van der Waals surface area contributed by atoms with Gasteiger partial charge in [-0.2, -0.15) is 0 Å². The second kappa shape index (κ2) is 3.94. The molecule has 0 aliphatic carbocycles. The minimum Gasteiger partial charge on any atom is -0.387 e. The molecular formula is C7H4BrClF3NO. The Labute approximate surface area is 91.2 Å². The average molecular weight is 290 g/mol. The van der Waals surface area contributed by atoms with Gasteiger partial charge in [-0.1, -0.05) is 11.6 Å². The van der Waals surface area contributed by atoms with Gasteiger partial charge in [0.25, 0.3) is 0 Å². The number of hydrogen-bond donors (Lipinski definition) is 0. The van der Waals surface area contributed by atoms with Gasteiger partial charge in [0.05, 0.1) is 5.02 Å². The van der Waals surface area contributed by atoms with Crippen molar-refractivity contribution >= 4 is 27.5 Å². The molecule has 0 amide bonds. The lowest BCUT2D eigenvalue weighted by molar-refractivity contribution is -0.276. The van der Waals surface area contributed by atoms with Gasteiger partial charge in [0.15, 0.2) is 0 Å². The molecule has 0 aliphatic heterocycles. The lowest BCUT2D eigenvalue weighted by atomic mass is 10.3. The zero-order valence-corrected chi connectivity index (χ0v) is 9.16. The van der Waals surface area contributed by atoms with Crippen molar-refractivity contribution in [3.8, 4) is 5.88 Å². The number of alkyl halides is 3. The van der Waals surface area contributed by atoms with Gasteiger partial charge in [-0.25, -0.2) is 4.98 Å². The number of halogens is 5. The zero-order valence-electron chi connectivity index (χ0n) is 6.82. The van der Waals surface area contributed by atoms with Crippen LogP contribution in [0.4, 0.5) is 13.2 Å². The van der Waals surface area contributed by atoms with Crippen LogP contribution in [0.15, 0.2) is 10.7 Å². The van der Waals surface area contributed by atoms with Crippen molar-refractivity contribution in [1.82, 2.24) is 4.98 Å². The van der Waals surface area contributed by atoms with E-state index in [1.54, 1.807) is 0 Å². The predicted molar refractivity (Wildman–Crippen MR) is 48.4 cm³/mol. The summed E-state index contributed by atoms with van der Waals surface area (Å²) < 4.78 is 39.4. The molecule has 0 spiro atoms. The number of hydrogen-bond acceptors (Lipinski definition) is 2. The summed E-state index contributed by atoms with van der Waals surface area (Å²) in [5.41, 5.74) is 0.146. The maximum absolute atomic E-state index is 11.9. The summed E-state index contributed by atoms with van der Waals surface area (Å²) in [4.78, 5) is 3.51. The van der Waals surface area contributed by atoms with Crippen molar-refractivity contribution in [3.05, 3.63) is 21.3 Å². The molecule has 1 aromatic heterocycles. The van der Waals surface area contributed by atoms with Gasteiger partial charge in [0, 0.05) is 5.56 Å². The van der Waals surface area contributed by atoms with E-state index in [1.165, 1.54) is 13.0 Å². The molecule has 0 saturated carbocycles. The highest BCUT2D eigenvalue weighted by Gasteiger charge is 2.32. The Bertz CT molecular complexity index is 356. The second-order valence-electron chi connectivity index (χ2n) is 2.40. The van der Waals surface area contributed by atoms with Gasteiger partial charge < -0.3 is 4.74 Å². The first-order valence-electron chi connectivity index (χ1n) is 3.38. The zero-order chi connectivity index (χ0) is 10.9. The first-order chi connectivity index (χ1) is 6.29. The Hall–Kier alpha value is -0.490. The van der Waals surface area contributed by atoms with Gasteiger partial charge in [-0.3, -0.25) is 0 Å². The molecule has 0 unspecified atom stereocenters. The van der Waals surface area contributed by atoms with Gasteiger partial charge in [-0.15, -0.1) is 13.2 Å². The van der Waals surface area contributed by atoms with Crippen molar-refractivity contribution in [2.24, 2.45) is 0 Å². The third-order valence-electron chi connectivity index (χ3n) is 1.35. The van der Waals surface area contributed by atoms with Gasteiger partial charge in [-0.05, 0) is 28.9 Å². The molecule has 2 nitrogen and oxygen atoms in total. The fourth-order valence-electron chi connectivity index (χ4n) is 0.737. The number of pyridine rings is 1. The Morgan fingerprint density at radius 3 is 2.57 bits per heavy atom. The summed E-state index contributed by atoms with van der Waals surface area (Å²) >= 11 is 8.54. The molecule has 0 bridgehead atoms. The first kappa shape index (κ1) is 11.6. The quantitative estimate of drug-likeness (QED) is 0.736. The largest absolute Gasteiger partial charge is 0.574 e. The van der Waals surface area contributed by atoms with Crippen molar-refractivity contribution < 1.29 is 17.9 Å². The second-order valence-corrected chi connectivity index (χ2v) is 3.62. The van der Waals surface area contributed by atoms with E-state index >= 15 is 0 Å². The van der Waals surface area contributed by atoms with Crippen LogP contribution < -0.4 is 4.74 Å². The van der Waals surface area contributed by atoms with Crippen molar-refractivity contribution in [3.63, 3.8) is 0 Å². The number of aromatic nitrogens is 1. The third kappa shape index (κ3) is 3.02. The van der Waals surface area contributed by atoms with E-state index < -0.39 is 12.2 Å². The molecule has 0 radical (unpaired) electrons. The SMILES string of the molecule is Cc1c(Cl)cc(Br)nc1OC(F)(F)F. The lowest BCUT2D eigenvalue weighted by Crippen LogP contribution is -2.18. The molecular weight excluding hydrogens is 286 g/mol. The maximum Gasteiger partial charge on any atom is 0.574 e. The summed E-state index contributed by atoms with van der Waals surface area (Å²) in [5.74, 6) is -0.545. The molecule has 7 heteroatoms. The fraction of sp³-hybridized carbons (Fsp3) is 0.286. The Kier molecular flexibility index (Phi) is 3.26. The smallest absolute Gasteiger partial charge is 0.387 e. The summed E-state index contributed by atoms with van der Waals surface area (Å²) in [6, 6.07) is 1.39. The van der Waals surface area contributed by atoms with Gasteiger partial charge in [0.1, 0.15) is 4.60 Å². The van der Waals surface area contributed by atoms with E-state index in [4.69, 9.17) is 11.6 Å². The lowest BCUT2D eigenvalue weighted by Gasteiger charge is -2.11. The molecule has 1 heterocycles. The van der Waals surface area contributed by atoms with Crippen LogP contribution in [0.2, 0.25) is 5.02 Å². The van der Waals surface area contributed by atoms with Gasteiger partial charge >= 0.3 is 6.36 Å². The molecule has 0 N–H and O–H groups in total. The average Bonchev–Trinajstić information content (AvgIpc) is 1.96. The molecule has 0 aromatic carbocycles. The highest BCUT2D eigenvalue weighted by Crippen LogP contribution is 2.30. The highest BCUT2D eigenvalue weighted by atomic mass is 79.9. The van der Waals surface area contributed by atoms with Crippen LogP contribution in [0, 0.1) is 6.92 Å². The monoisotopic (exact) mass is 289 g/mol. The number of nitrogens with zero attached hydrogens (tertiary/aromatic N) is 1. The minimum absolute atomic E-state index is 0.146. The van der Waals surface area contributed by atoms with E-state index in [-0.39, 0.29) is 15.2 Å². The molecule has 14 heavy (non-hydrogen) atoms. The third-order valence-corrected chi connectivity index (χ3v) is 2.14. The van der Waals surface area contributed by atoms with E-state index in [0.29, 0.717) is 0 Å². The van der Waals surface area contributed by atoms with E-state index in [9.17, 15) is 13.2 Å². The molecule has 0 atom stereocenters. The van der Waals surface area contributed by atoms with Crippen LogP contribution in [0.25, 0.3) is 0 Å². The van der Waals surface area contributed by atoms with Crippen LogP contribution in [-0.4, -0.2) is 11.3 Å². The van der Waals surface area contributed by atoms with Crippen LogP contribution in [0.3, 0.4) is 0 Å². The maximum atomic E-state index is 11.9. The Morgan fingerprint density at radius 1 is 1.50 bits per heavy atom. The predicted octanol–water partition coefficient (Wildman–Crippen LogP) is 3.70. The standard InChI is InChI=1S/C7H4BrClF3NO/c1-3-4(9)2-5(8)13-6(3)14-7(10,11)12/h2H,1H3. The van der Waals surface area contributed by atoms with E-state index in [1.807, 2.05) is 0 Å². The highest BCUT2D eigenvalue weighted by molar-refractivity contribution is 9.10. The van der Waals surface area contributed by atoms with Crippen LogP contribution in [0.5, 0.6) is 5.88 Å². The summed E-state index contributed by atoms with van der Waals surface area (Å²) in [7, 11) is 0. The molecule has 0 aliphatic rings. The first-order valence-corrected chi connectivity index (χ1v) is 4.55. The summed E-state index contributed by atoms with van der Waals surface area (Å²) in [6.07, 6.45) is -4.76. The van der Waals surface area contributed by atoms with E-state index in [2.05, 4.69) is 25.7 Å². The summed E-state index contributed by atoms with van der Waals surface area (Å²) in [6.45, 7) is 1.39. The van der Waals surface area contributed by atoms with Crippen LogP contribution in [0.1, 0.15) is 5.56 Å². The summed E-state index contributed by atoms with van der Waals surface area (Å²) in [5, 5.41) is 0.158. The Balaban J connectivity index is 3.09. The Morgan fingerprint density at radius 2 is 2.07 bits per heavy atom. The van der Waals surface area contributed by atoms with Crippen molar-refractivity contribution in [1.29, 1.82) is 0 Å². The molecule has 0 fully saturated rings. The molecule has 78 valence electrons. The molecule has 1 rings (SSSR count). The van der Waals surface area contributed by atoms with Gasteiger partial charge in [0.2, 0.25) is 5.88 Å². The van der Waals surface area contributed by atoms with Crippen LogP contribution >= 0.6 is 27.5 Å². The van der Waals surface area contributed by atoms with Crippen molar-refractivity contribution in [2.45, 2.75) is 13.3 Å². The normalized spacial score (nSPS) is 11.6. The molecule has 1 aromatic rings. The molecule has 0 saturated heterocycles. The van der Waals surface area contributed by atoms with Crippen molar-refractivity contribution in [2.75, 3.05) is 0 Å². The number of rotatable bonds is 1. The van der Waals surface area contributed by atoms with Crippen LogP contribution in [-0.2, 0) is 0 Å².